The Hall–Kier alpha value is -0.570. The summed E-state index contributed by atoms with van der Waals surface area (Å²) in [6.07, 6.45) is 0.0738. The molecule has 3 heteroatoms. The molecule has 1 rings (SSSR count). The van der Waals surface area contributed by atoms with E-state index in [9.17, 15) is 4.79 Å². The van der Waals surface area contributed by atoms with Gasteiger partial charge in [-0.1, -0.05) is 13.8 Å². The lowest BCUT2D eigenvalue weighted by atomic mass is 10.2. The van der Waals surface area contributed by atoms with Gasteiger partial charge in [-0.3, -0.25) is 4.79 Å². The second-order valence-corrected chi connectivity index (χ2v) is 2.72. The van der Waals surface area contributed by atoms with Crippen LogP contribution in [0.2, 0.25) is 0 Å². The molecule has 1 aliphatic rings. The predicted octanol–water partition coefficient (Wildman–Crippen LogP) is 0.932. The van der Waals surface area contributed by atoms with Gasteiger partial charge in [-0.25, -0.2) is 0 Å². The minimum Gasteiger partial charge on any atom is -0.435 e. The molecule has 0 aliphatic carbocycles. The lowest BCUT2D eigenvalue weighted by Gasteiger charge is -2.25. The molecular formula is C7H12O3. The molecule has 0 aromatic carbocycles. The van der Waals surface area contributed by atoms with E-state index in [1.165, 1.54) is 0 Å². The minimum absolute atomic E-state index is 0.148. The Kier molecular flexibility index (Phi) is 2.27. The Bertz CT molecular complexity index is 131. The summed E-state index contributed by atoms with van der Waals surface area (Å²) in [5.74, 6) is 0.106. The molecule has 1 fully saturated rings. The molecule has 0 aromatic heterocycles. The van der Waals surface area contributed by atoms with Gasteiger partial charge in [-0.05, 0) is 0 Å². The second-order valence-electron chi connectivity index (χ2n) is 2.72. The first-order chi connectivity index (χ1) is 4.70. The maximum Gasteiger partial charge on any atom is 0.310 e. The largest absolute Gasteiger partial charge is 0.435 e. The lowest BCUT2D eigenvalue weighted by molar-refractivity contribution is -0.207. The van der Waals surface area contributed by atoms with Gasteiger partial charge in [-0.15, -0.1) is 0 Å². The van der Waals surface area contributed by atoms with Crippen molar-refractivity contribution in [1.29, 1.82) is 0 Å². The first kappa shape index (κ1) is 7.54. The molecule has 1 aliphatic heterocycles. The summed E-state index contributed by atoms with van der Waals surface area (Å²) in [4.78, 5) is 10.7. The molecule has 10 heavy (non-hydrogen) atoms. The van der Waals surface area contributed by atoms with Crippen LogP contribution in [0.3, 0.4) is 0 Å². The van der Waals surface area contributed by atoms with Crippen LogP contribution in [0.15, 0.2) is 0 Å². The second kappa shape index (κ2) is 3.01. The lowest BCUT2D eigenvalue weighted by Crippen LogP contribution is -2.32. The third kappa shape index (κ3) is 1.70. The molecular weight excluding hydrogens is 132 g/mol. The Morgan fingerprint density at radius 1 is 1.60 bits per heavy atom. The fourth-order valence-corrected chi connectivity index (χ4v) is 0.809. The highest BCUT2D eigenvalue weighted by atomic mass is 16.7. The van der Waals surface area contributed by atoms with Gasteiger partial charge < -0.3 is 9.47 Å². The molecule has 0 saturated carbocycles. The normalized spacial score (nSPS) is 26.7. The molecule has 0 radical (unpaired) electrons. The molecule has 3 nitrogen and oxygen atoms in total. The van der Waals surface area contributed by atoms with Crippen molar-refractivity contribution in [1.82, 2.24) is 0 Å². The van der Waals surface area contributed by atoms with Crippen molar-refractivity contribution in [3.63, 3.8) is 0 Å². The standard InChI is InChI=1S/C7H12O3/c1-5(2)7-9-4-3-6(8)10-7/h5,7H,3-4H2,1-2H3. The maximum atomic E-state index is 10.7. The number of esters is 1. The van der Waals surface area contributed by atoms with Crippen LogP contribution < -0.4 is 0 Å². The molecule has 0 spiro atoms. The first-order valence-corrected chi connectivity index (χ1v) is 3.51. The van der Waals surface area contributed by atoms with Crippen molar-refractivity contribution in [3.05, 3.63) is 0 Å². The molecule has 0 bridgehead atoms. The zero-order chi connectivity index (χ0) is 7.56. The van der Waals surface area contributed by atoms with E-state index in [4.69, 9.17) is 9.47 Å². The summed E-state index contributed by atoms with van der Waals surface area (Å²) in [5.41, 5.74) is 0. The summed E-state index contributed by atoms with van der Waals surface area (Å²) in [6, 6.07) is 0. The van der Waals surface area contributed by atoms with E-state index in [-0.39, 0.29) is 18.2 Å². The minimum atomic E-state index is -0.318. The summed E-state index contributed by atoms with van der Waals surface area (Å²) < 4.78 is 10.1. The summed E-state index contributed by atoms with van der Waals surface area (Å²) in [7, 11) is 0. The predicted molar refractivity (Wildman–Crippen MR) is 35.3 cm³/mol. The maximum absolute atomic E-state index is 10.7. The van der Waals surface area contributed by atoms with Crippen LogP contribution >= 0.6 is 0 Å². The monoisotopic (exact) mass is 144 g/mol. The van der Waals surface area contributed by atoms with Crippen LogP contribution in [0.1, 0.15) is 20.3 Å². The molecule has 1 atom stereocenters. The van der Waals surface area contributed by atoms with E-state index in [0.29, 0.717) is 13.0 Å². The number of carbonyl (C=O) groups excluding carboxylic acids is 1. The van der Waals surface area contributed by atoms with Crippen LogP contribution in [0.25, 0.3) is 0 Å². The zero-order valence-corrected chi connectivity index (χ0v) is 6.29. The molecule has 0 amide bonds. The number of cyclic esters (lactones) is 1. The highest BCUT2D eigenvalue weighted by Crippen LogP contribution is 2.13. The van der Waals surface area contributed by atoms with Gasteiger partial charge in [0.2, 0.25) is 6.29 Å². The number of rotatable bonds is 1. The van der Waals surface area contributed by atoms with E-state index in [1.54, 1.807) is 0 Å². The summed E-state index contributed by atoms with van der Waals surface area (Å²) in [5, 5.41) is 0. The Balaban J connectivity index is 2.39. The fraction of sp³-hybridized carbons (Fsp3) is 0.857. The smallest absolute Gasteiger partial charge is 0.310 e. The van der Waals surface area contributed by atoms with E-state index < -0.39 is 0 Å². The Morgan fingerprint density at radius 2 is 2.30 bits per heavy atom. The number of hydrogen-bond acceptors (Lipinski definition) is 3. The van der Waals surface area contributed by atoms with Crippen LogP contribution in [0.4, 0.5) is 0 Å². The first-order valence-electron chi connectivity index (χ1n) is 3.51. The average molecular weight is 144 g/mol. The van der Waals surface area contributed by atoms with Crippen molar-refractivity contribution in [2.75, 3.05) is 6.61 Å². The van der Waals surface area contributed by atoms with Crippen LogP contribution in [0.5, 0.6) is 0 Å². The van der Waals surface area contributed by atoms with Crippen LogP contribution in [-0.2, 0) is 14.3 Å². The topological polar surface area (TPSA) is 35.5 Å². The molecule has 1 unspecified atom stereocenters. The van der Waals surface area contributed by atoms with Crippen molar-refractivity contribution < 1.29 is 14.3 Å². The van der Waals surface area contributed by atoms with Gasteiger partial charge in [0, 0.05) is 5.92 Å². The highest BCUT2D eigenvalue weighted by Gasteiger charge is 2.23. The summed E-state index contributed by atoms with van der Waals surface area (Å²) >= 11 is 0. The van der Waals surface area contributed by atoms with Crippen molar-refractivity contribution >= 4 is 5.97 Å². The van der Waals surface area contributed by atoms with E-state index in [0.717, 1.165) is 0 Å². The van der Waals surface area contributed by atoms with Gasteiger partial charge in [0.05, 0.1) is 13.0 Å². The van der Waals surface area contributed by atoms with Crippen molar-refractivity contribution in [2.24, 2.45) is 5.92 Å². The third-order valence-electron chi connectivity index (χ3n) is 1.38. The van der Waals surface area contributed by atoms with Gasteiger partial charge >= 0.3 is 5.97 Å². The van der Waals surface area contributed by atoms with Crippen LogP contribution in [0, 0.1) is 5.92 Å². The van der Waals surface area contributed by atoms with Gasteiger partial charge in [0.1, 0.15) is 0 Å². The van der Waals surface area contributed by atoms with Crippen molar-refractivity contribution in [3.8, 4) is 0 Å². The zero-order valence-electron chi connectivity index (χ0n) is 6.29. The molecule has 0 N–H and O–H groups in total. The third-order valence-corrected chi connectivity index (χ3v) is 1.38. The fourth-order valence-electron chi connectivity index (χ4n) is 0.809. The van der Waals surface area contributed by atoms with E-state index >= 15 is 0 Å². The Morgan fingerprint density at radius 3 is 2.70 bits per heavy atom. The molecule has 1 heterocycles. The van der Waals surface area contributed by atoms with Gasteiger partial charge in [-0.2, -0.15) is 0 Å². The quantitative estimate of drug-likeness (QED) is 0.513. The van der Waals surface area contributed by atoms with E-state index in [1.807, 2.05) is 13.8 Å². The Labute approximate surface area is 60.3 Å². The highest BCUT2D eigenvalue weighted by molar-refractivity contribution is 5.70. The molecule has 58 valence electrons. The van der Waals surface area contributed by atoms with Crippen molar-refractivity contribution in [2.45, 2.75) is 26.6 Å². The summed E-state index contributed by atoms with van der Waals surface area (Å²) in [6.45, 7) is 4.42. The number of carbonyl (C=O) groups is 1. The number of hydrogen-bond donors (Lipinski definition) is 0. The molecule has 0 aromatic rings. The molecule has 1 saturated heterocycles. The average Bonchev–Trinajstić information content (AvgIpc) is 1.88. The van der Waals surface area contributed by atoms with Crippen LogP contribution in [-0.4, -0.2) is 18.9 Å². The van der Waals surface area contributed by atoms with Gasteiger partial charge in [0.15, 0.2) is 0 Å². The van der Waals surface area contributed by atoms with Gasteiger partial charge in [0.25, 0.3) is 0 Å². The van der Waals surface area contributed by atoms with E-state index in [2.05, 4.69) is 0 Å². The SMILES string of the molecule is CC(C)C1OCCC(=O)O1. The number of ether oxygens (including phenoxy) is 2.